The Bertz CT molecular complexity index is 415. The predicted molar refractivity (Wildman–Crippen MR) is 47.0 cm³/mol. The first-order valence-electron chi connectivity index (χ1n) is 3.43. The summed E-state index contributed by atoms with van der Waals surface area (Å²) >= 11 is 2.87. The van der Waals surface area contributed by atoms with Crippen LogP contribution in [0.25, 0.3) is 0 Å². The van der Waals surface area contributed by atoms with Crippen LogP contribution in [-0.4, -0.2) is 11.3 Å². The summed E-state index contributed by atoms with van der Waals surface area (Å²) in [7, 11) is 0. The average Bonchev–Trinajstić information content (AvgIpc) is 2.17. The Morgan fingerprint density at radius 3 is 2.71 bits per heavy atom. The molecule has 0 saturated carbocycles. The lowest BCUT2D eigenvalue weighted by molar-refractivity contribution is 0.110. The Labute approximate surface area is 86.5 Å². The maximum atomic E-state index is 12.3. The van der Waals surface area contributed by atoms with E-state index in [0.717, 1.165) is 6.20 Å². The maximum absolute atomic E-state index is 12.3. The molecule has 0 fully saturated rings. The highest BCUT2D eigenvalue weighted by molar-refractivity contribution is 9.10. The predicted octanol–water partition coefficient (Wildman–Crippen LogP) is 2.47. The number of pyridine rings is 1. The van der Waals surface area contributed by atoms with Crippen LogP contribution in [0.4, 0.5) is 8.78 Å². The second kappa shape index (κ2) is 4.24. The number of alkyl halides is 2. The zero-order valence-electron chi connectivity index (χ0n) is 6.67. The first-order valence-corrected chi connectivity index (χ1v) is 4.23. The molecule has 1 heterocycles. The van der Waals surface area contributed by atoms with E-state index >= 15 is 0 Å². The van der Waals surface area contributed by atoms with Crippen molar-refractivity contribution in [3.05, 3.63) is 27.5 Å². The molecule has 1 rings (SSSR count). The molecule has 0 aliphatic carbocycles. The smallest absolute Gasteiger partial charge is 0.266 e. The van der Waals surface area contributed by atoms with Gasteiger partial charge in [0.05, 0.1) is 4.47 Å². The van der Waals surface area contributed by atoms with E-state index in [4.69, 9.17) is 5.26 Å². The number of rotatable bonds is 2. The van der Waals surface area contributed by atoms with Gasteiger partial charge in [-0.1, -0.05) is 0 Å². The molecular formula is C8H3BrF2N2O. The zero-order chi connectivity index (χ0) is 10.7. The van der Waals surface area contributed by atoms with Gasteiger partial charge < -0.3 is 0 Å². The lowest BCUT2D eigenvalue weighted by atomic mass is 10.1. The third kappa shape index (κ3) is 1.77. The summed E-state index contributed by atoms with van der Waals surface area (Å²) in [4.78, 5) is 14.0. The van der Waals surface area contributed by atoms with Gasteiger partial charge in [-0.2, -0.15) is 5.26 Å². The number of aldehydes is 1. The van der Waals surface area contributed by atoms with Crippen LogP contribution in [0.3, 0.4) is 0 Å². The van der Waals surface area contributed by atoms with Crippen LogP contribution in [0.5, 0.6) is 0 Å². The van der Waals surface area contributed by atoms with Crippen molar-refractivity contribution in [2.24, 2.45) is 0 Å². The van der Waals surface area contributed by atoms with Gasteiger partial charge in [-0.25, -0.2) is 13.8 Å². The van der Waals surface area contributed by atoms with E-state index in [1.165, 1.54) is 0 Å². The van der Waals surface area contributed by atoms with Crippen molar-refractivity contribution in [3.8, 4) is 6.07 Å². The number of nitriles is 1. The zero-order valence-corrected chi connectivity index (χ0v) is 8.25. The fraction of sp³-hybridized carbons (Fsp3) is 0.125. The SMILES string of the molecule is N#Cc1ncc(C(F)F)c(C=O)c1Br. The van der Waals surface area contributed by atoms with Crippen molar-refractivity contribution in [2.45, 2.75) is 6.43 Å². The summed E-state index contributed by atoms with van der Waals surface area (Å²) in [6.45, 7) is 0. The summed E-state index contributed by atoms with van der Waals surface area (Å²) in [5.74, 6) is 0. The molecule has 72 valence electrons. The van der Waals surface area contributed by atoms with Crippen molar-refractivity contribution < 1.29 is 13.6 Å². The molecule has 0 bridgehead atoms. The van der Waals surface area contributed by atoms with E-state index in [0.29, 0.717) is 0 Å². The third-order valence-electron chi connectivity index (χ3n) is 1.55. The first kappa shape index (κ1) is 10.7. The molecule has 0 atom stereocenters. The largest absolute Gasteiger partial charge is 0.298 e. The van der Waals surface area contributed by atoms with Crippen LogP contribution >= 0.6 is 15.9 Å². The van der Waals surface area contributed by atoms with Crippen LogP contribution in [0.1, 0.15) is 28.0 Å². The van der Waals surface area contributed by atoms with Gasteiger partial charge in [-0.15, -0.1) is 0 Å². The molecule has 0 spiro atoms. The van der Waals surface area contributed by atoms with Crippen LogP contribution < -0.4 is 0 Å². The molecule has 0 aliphatic rings. The standard InChI is InChI=1S/C8H3BrF2N2O/c9-7-5(3-14)4(8(10)11)2-13-6(7)1-12/h2-3,8H. The molecule has 0 aromatic carbocycles. The Morgan fingerprint density at radius 1 is 1.64 bits per heavy atom. The van der Waals surface area contributed by atoms with Gasteiger partial charge >= 0.3 is 0 Å². The maximum Gasteiger partial charge on any atom is 0.266 e. The highest BCUT2D eigenvalue weighted by atomic mass is 79.9. The van der Waals surface area contributed by atoms with Crippen molar-refractivity contribution in [1.29, 1.82) is 5.26 Å². The molecule has 1 aromatic rings. The normalized spacial score (nSPS) is 9.93. The van der Waals surface area contributed by atoms with Crippen LogP contribution in [0.15, 0.2) is 10.7 Å². The highest BCUT2D eigenvalue weighted by Crippen LogP contribution is 2.28. The summed E-state index contributed by atoms with van der Waals surface area (Å²) < 4.78 is 24.7. The molecule has 0 radical (unpaired) electrons. The molecule has 0 unspecified atom stereocenters. The van der Waals surface area contributed by atoms with Crippen molar-refractivity contribution in [2.75, 3.05) is 0 Å². The first-order chi connectivity index (χ1) is 6.61. The lowest BCUT2D eigenvalue weighted by Crippen LogP contribution is -1.99. The number of aromatic nitrogens is 1. The van der Waals surface area contributed by atoms with Gasteiger partial charge in [0.15, 0.2) is 12.0 Å². The average molecular weight is 261 g/mol. The topological polar surface area (TPSA) is 53.8 Å². The van der Waals surface area contributed by atoms with E-state index in [2.05, 4.69) is 20.9 Å². The number of carbonyl (C=O) groups excluding carboxylic acids is 1. The van der Waals surface area contributed by atoms with Gasteiger partial charge in [0.1, 0.15) is 6.07 Å². The quantitative estimate of drug-likeness (QED) is 0.768. The Kier molecular flexibility index (Phi) is 3.25. The van der Waals surface area contributed by atoms with Crippen molar-refractivity contribution in [1.82, 2.24) is 4.98 Å². The van der Waals surface area contributed by atoms with Gasteiger partial charge in [-0.3, -0.25) is 4.79 Å². The summed E-state index contributed by atoms with van der Waals surface area (Å²) in [6.07, 6.45) is -1.68. The van der Waals surface area contributed by atoms with E-state index in [1.807, 2.05) is 0 Å². The highest BCUT2D eigenvalue weighted by Gasteiger charge is 2.18. The number of nitrogens with zero attached hydrogens (tertiary/aromatic N) is 2. The second-order valence-electron chi connectivity index (χ2n) is 2.32. The molecule has 0 N–H and O–H groups in total. The number of halogens is 3. The summed E-state index contributed by atoms with van der Waals surface area (Å²) in [5.41, 5.74) is -0.797. The van der Waals surface area contributed by atoms with Crippen molar-refractivity contribution in [3.63, 3.8) is 0 Å². The van der Waals surface area contributed by atoms with E-state index in [9.17, 15) is 13.6 Å². The molecule has 3 nitrogen and oxygen atoms in total. The van der Waals surface area contributed by atoms with E-state index in [-0.39, 0.29) is 22.0 Å². The Hall–Kier alpha value is -1.35. The number of carbonyl (C=O) groups is 1. The molecule has 1 aromatic heterocycles. The second-order valence-corrected chi connectivity index (χ2v) is 3.11. The Balaban J connectivity index is 3.45. The van der Waals surface area contributed by atoms with Gasteiger partial charge in [0.2, 0.25) is 0 Å². The fourth-order valence-corrected chi connectivity index (χ4v) is 1.40. The minimum Gasteiger partial charge on any atom is -0.298 e. The fourth-order valence-electron chi connectivity index (χ4n) is 0.886. The summed E-state index contributed by atoms with van der Waals surface area (Å²) in [5, 5.41) is 8.52. The minimum absolute atomic E-state index is 0.00722. The third-order valence-corrected chi connectivity index (χ3v) is 2.35. The van der Waals surface area contributed by atoms with Gasteiger partial charge in [0.25, 0.3) is 6.43 Å². The van der Waals surface area contributed by atoms with Crippen molar-refractivity contribution >= 4 is 22.2 Å². The minimum atomic E-state index is -2.79. The van der Waals surface area contributed by atoms with Crippen LogP contribution in [-0.2, 0) is 0 Å². The number of hydrogen-bond acceptors (Lipinski definition) is 3. The molecule has 0 amide bonds. The van der Waals surface area contributed by atoms with Gasteiger partial charge in [-0.05, 0) is 15.9 Å². The molecular weight excluding hydrogens is 258 g/mol. The lowest BCUT2D eigenvalue weighted by Gasteiger charge is -2.05. The van der Waals surface area contributed by atoms with E-state index < -0.39 is 12.0 Å². The van der Waals surface area contributed by atoms with E-state index in [1.54, 1.807) is 6.07 Å². The molecule has 6 heteroatoms. The van der Waals surface area contributed by atoms with Crippen LogP contribution in [0.2, 0.25) is 0 Å². The van der Waals surface area contributed by atoms with Crippen LogP contribution in [0, 0.1) is 11.3 Å². The molecule has 0 saturated heterocycles. The summed E-state index contributed by atoms with van der Waals surface area (Å²) in [6, 6.07) is 1.67. The number of hydrogen-bond donors (Lipinski definition) is 0. The monoisotopic (exact) mass is 260 g/mol. The Morgan fingerprint density at radius 2 is 2.29 bits per heavy atom. The molecule has 14 heavy (non-hydrogen) atoms. The van der Waals surface area contributed by atoms with Gasteiger partial charge in [0, 0.05) is 17.3 Å². The molecule has 0 aliphatic heterocycles.